The largest absolute Gasteiger partial charge is 0.381 e. The predicted molar refractivity (Wildman–Crippen MR) is 121 cm³/mol. The van der Waals surface area contributed by atoms with E-state index in [0.717, 1.165) is 24.1 Å². The summed E-state index contributed by atoms with van der Waals surface area (Å²) >= 11 is 0. The molecule has 1 aliphatic rings. The Hall–Kier alpha value is -2.79. The number of halogens is 2. The molecule has 1 fully saturated rings. The molecular weight excluding hydrogens is 464 g/mol. The summed E-state index contributed by atoms with van der Waals surface area (Å²) in [6, 6.07) is 3.50. The Labute approximate surface area is 197 Å². The van der Waals surface area contributed by atoms with Crippen LogP contribution >= 0.6 is 0 Å². The Kier molecular flexibility index (Phi) is 7.04. The first-order valence-corrected chi connectivity index (χ1v) is 12.9. The number of aromatic nitrogens is 5. The van der Waals surface area contributed by atoms with Crippen molar-refractivity contribution in [1.82, 2.24) is 24.7 Å². The molecule has 1 saturated heterocycles. The zero-order valence-electron chi connectivity index (χ0n) is 19.3. The van der Waals surface area contributed by atoms with Crippen LogP contribution in [0.15, 0.2) is 30.6 Å². The zero-order valence-corrected chi connectivity index (χ0v) is 20.1. The van der Waals surface area contributed by atoms with Crippen molar-refractivity contribution >= 4 is 9.84 Å². The number of nitrogens with zero attached hydrogens (tertiary/aromatic N) is 5. The van der Waals surface area contributed by atoms with Crippen LogP contribution in [0.25, 0.3) is 5.69 Å². The van der Waals surface area contributed by atoms with Crippen molar-refractivity contribution in [2.24, 2.45) is 0 Å². The maximum Gasteiger partial charge on any atom is 0.160 e. The van der Waals surface area contributed by atoms with E-state index in [2.05, 4.69) is 20.2 Å². The van der Waals surface area contributed by atoms with E-state index in [0.29, 0.717) is 25.5 Å². The summed E-state index contributed by atoms with van der Waals surface area (Å²) in [4.78, 5) is 8.50. The lowest BCUT2D eigenvalue weighted by Crippen LogP contribution is -2.28. The van der Waals surface area contributed by atoms with Crippen molar-refractivity contribution in [2.45, 2.75) is 56.5 Å². The van der Waals surface area contributed by atoms with Gasteiger partial charge < -0.3 is 4.74 Å². The van der Waals surface area contributed by atoms with E-state index in [9.17, 15) is 17.2 Å². The summed E-state index contributed by atoms with van der Waals surface area (Å²) in [5.74, 6) is -2.31. The zero-order chi connectivity index (χ0) is 24.5. The summed E-state index contributed by atoms with van der Waals surface area (Å²) in [5.41, 5.74) is 0.478. The van der Waals surface area contributed by atoms with Crippen LogP contribution in [-0.4, -0.2) is 51.6 Å². The van der Waals surface area contributed by atoms with Crippen LogP contribution < -0.4 is 0 Å². The predicted octanol–water partition coefficient (Wildman–Crippen LogP) is 3.64. The highest BCUT2D eigenvalue weighted by molar-refractivity contribution is 7.91. The molecule has 11 heteroatoms. The minimum atomic E-state index is -3.82. The number of benzene rings is 1. The van der Waals surface area contributed by atoms with Gasteiger partial charge in [0.15, 0.2) is 15.7 Å². The van der Waals surface area contributed by atoms with E-state index in [4.69, 9.17) is 4.74 Å². The Morgan fingerprint density at radius 1 is 1.15 bits per heavy atom. The standard InChI is InChI=1S/C23H27F2N5O3S/c1-14-10-26-22(27-11-14)15(2)16(3)34(31,32)13-20-28-29-23(17-6-5-9-33-12-17)30(20)21-18(24)7-4-8-19(21)25/h4,7-8,10-11,15-17H,5-6,9,12-13H2,1-3H3/t15-,16-,17+/m0/s1. The molecule has 0 radical (unpaired) electrons. The fourth-order valence-electron chi connectivity index (χ4n) is 4.05. The fourth-order valence-corrected chi connectivity index (χ4v) is 5.60. The van der Waals surface area contributed by atoms with Gasteiger partial charge in [-0.1, -0.05) is 13.0 Å². The Morgan fingerprint density at radius 2 is 1.82 bits per heavy atom. The molecule has 4 rings (SSSR count). The van der Waals surface area contributed by atoms with Gasteiger partial charge in [0.2, 0.25) is 0 Å². The molecule has 1 aromatic carbocycles. The van der Waals surface area contributed by atoms with Gasteiger partial charge in [0.25, 0.3) is 0 Å². The molecule has 3 atom stereocenters. The number of hydrogen-bond acceptors (Lipinski definition) is 7. The second-order valence-corrected chi connectivity index (χ2v) is 11.1. The lowest BCUT2D eigenvalue weighted by molar-refractivity contribution is 0.0774. The highest BCUT2D eigenvalue weighted by Gasteiger charge is 2.34. The van der Waals surface area contributed by atoms with Gasteiger partial charge in [0, 0.05) is 30.8 Å². The molecule has 0 saturated carbocycles. The van der Waals surface area contributed by atoms with Crippen LogP contribution in [0.4, 0.5) is 8.78 Å². The highest BCUT2D eigenvalue weighted by atomic mass is 32.2. The van der Waals surface area contributed by atoms with Crippen LogP contribution in [-0.2, 0) is 20.3 Å². The first-order chi connectivity index (χ1) is 16.2. The van der Waals surface area contributed by atoms with E-state index in [-0.39, 0.29) is 23.3 Å². The van der Waals surface area contributed by atoms with Crippen molar-refractivity contribution in [3.05, 3.63) is 65.3 Å². The molecule has 34 heavy (non-hydrogen) atoms. The van der Waals surface area contributed by atoms with Crippen LogP contribution in [0, 0.1) is 18.6 Å². The van der Waals surface area contributed by atoms with Crippen molar-refractivity contribution in [1.29, 1.82) is 0 Å². The molecule has 1 aliphatic heterocycles. The van der Waals surface area contributed by atoms with Gasteiger partial charge in [-0.15, -0.1) is 10.2 Å². The molecule has 2 aromatic heterocycles. The van der Waals surface area contributed by atoms with Crippen LogP contribution in [0.5, 0.6) is 0 Å². The van der Waals surface area contributed by atoms with E-state index >= 15 is 0 Å². The summed E-state index contributed by atoms with van der Waals surface area (Å²) in [7, 11) is -3.82. The Morgan fingerprint density at radius 3 is 2.44 bits per heavy atom. The average Bonchev–Trinajstić information content (AvgIpc) is 3.21. The van der Waals surface area contributed by atoms with Gasteiger partial charge in [-0.3, -0.25) is 4.57 Å². The summed E-state index contributed by atoms with van der Waals surface area (Å²) < 4.78 is 63.1. The minimum absolute atomic E-state index is 0.0477. The maximum absolute atomic E-state index is 14.8. The summed E-state index contributed by atoms with van der Waals surface area (Å²) in [5, 5.41) is 7.37. The van der Waals surface area contributed by atoms with Crippen LogP contribution in [0.2, 0.25) is 0 Å². The van der Waals surface area contributed by atoms with Crippen LogP contribution in [0.3, 0.4) is 0 Å². The third-order valence-electron chi connectivity index (χ3n) is 6.25. The third-order valence-corrected chi connectivity index (χ3v) is 8.45. The average molecular weight is 492 g/mol. The number of ether oxygens (including phenoxy) is 1. The number of aryl methyl sites for hydroxylation is 1. The van der Waals surface area contributed by atoms with E-state index < -0.39 is 38.4 Å². The fraction of sp³-hybridized carbons (Fsp3) is 0.478. The smallest absolute Gasteiger partial charge is 0.160 e. The molecule has 0 aliphatic carbocycles. The van der Waals surface area contributed by atoms with E-state index in [1.54, 1.807) is 26.2 Å². The lowest BCUT2D eigenvalue weighted by atomic mass is 10.0. The van der Waals surface area contributed by atoms with Gasteiger partial charge >= 0.3 is 0 Å². The number of para-hydroxylation sites is 1. The van der Waals surface area contributed by atoms with Crippen molar-refractivity contribution in [3.63, 3.8) is 0 Å². The molecular formula is C23H27F2N5O3S. The number of rotatable bonds is 7. The minimum Gasteiger partial charge on any atom is -0.381 e. The quantitative estimate of drug-likeness (QED) is 0.497. The molecule has 0 amide bonds. The van der Waals surface area contributed by atoms with Gasteiger partial charge in [-0.2, -0.15) is 0 Å². The first-order valence-electron chi connectivity index (χ1n) is 11.2. The normalized spacial score (nSPS) is 18.6. The van der Waals surface area contributed by atoms with Crippen molar-refractivity contribution < 1.29 is 21.9 Å². The number of hydrogen-bond donors (Lipinski definition) is 0. The summed E-state index contributed by atoms with van der Waals surface area (Å²) in [6.45, 7) is 6.07. The Bertz CT molecular complexity index is 1240. The van der Waals surface area contributed by atoms with Gasteiger partial charge in [-0.05, 0) is 44.4 Å². The molecule has 3 heterocycles. The third kappa shape index (κ3) is 4.85. The topological polar surface area (TPSA) is 99.9 Å². The second-order valence-electron chi connectivity index (χ2n) is 8.71. The molecule has 8 nitrogen and oxygen atoms in total. The monoisotopic (exact) mass is 491 g/mol. The molecule has 3 aromatic rings. The molecule has 0 bridgehead atoms. The van der Waals surface area contributed by atoms with Crippen LogP contribution in [0.1, 0.15) is 61.6 Å². The second kappa shape index (κ2) is 9.83. The SMILES string of the molecule is Cc1cnc([C@@H](C)[C@H](C)S(=O)(=O)Cc2nnc([C@@H]3CCCOC3)n2-c2c(F)cccc2F)nc1. The van der Waals surface area contributed by atoms with Crippen molar-refractivity contribution in [2.75, 3.05) is 13.2 Å². The molecule has 0 N–H and O–H groups in total. The maximum atomic E-state index is 14.8. The van der Waals surface area contributed by atoms with Gasteiger partial charge in [-0.25, -0.2) is 27.2 Å². The number of sulfone groups is 1. The van der Waals surface area contributed by atoms with Gasteiger partial charge in [0.05, 0.1) is 11.9 Å². The summed E-state index contributed by atoms with van der Waals surface area (Å²) in [6.07, 6.45) is 4.72. The molecule has 182 valence electrons. The highest BCUT2D eigenvalue weighted by Crippen LogP contribution is 2.31. The Balaban J connectivity index is 1.72. The van der Waals surface area contributed by atoms with E-state index in [1.807, 2.05) is 6.92 Å². The van der Waals surface area contributed by atoms with Crippen molar-refractivity contribution in [3.8, 4) is 5.69 Å². The molecule has 0 spiro atoms. The van der Waals surface area contributed by atoms with Gasteiger partial charge in [0.1, 0.15) is 34.7 Å². The lowest BCUT2D eigenvalue weighted by Gasteiger charge is -2.23. The van der Waals surface area contributed by atoms with E-state index in [1.165, 1.54) is 10.6 Å². The molecule has 0 unspecified atom stereocenters. The first kappa shape index (κ1) is 24.3.